The second kappa shape index (κ2) is 9.87. The summed E-state index contributed by atoms with van der Waals surface area (Å²) in [7, 11) is -3.18. The molecule has 5 nitrogen and oxygen atoms in total. The molecule has 0 fully saturated rings. The number of thiocarbonyl (C=S) groups is 1. The number of hydrazone groups is 1. The minimum Gasteiger partial charge on any atom is -0.359 e. The summed E-state index contributed by atoms with van der Waals surface area (Å²) in [5.74, 6) is 0.721. The Morgan fingerprint density at radius 1 is 1.16 bits per heavy atom. The van der Waals surface area contributed by atoms with Crippen LogP contribution in [0.15, 0.2) is 34.3 Å². The zero-order valence-corrected chi connectivity index (χ0v) is 17.3. The molecule has 0 aliphatic carbocycles. The lowest BCUT2D eigenvalue weighted by Crippen LogP contribution is -2.38. The van der Waals surface area contributed by atoms with Crippen molar-refractivity contribution in [3.05, 3.63) is 29.8 Å². The maximum absolute atomic E-state index is 11.5. The van der Waals surface area contributed by atoms with Crippen molar-refractivity contribution in [1.29, 1.82) is 0 Å². The van der Waals surface area contributed by atoms with Crippen LogP contribution < -0.4 is 10.7 Å². The van der Waals surface area contributed by atoms with Gasteiger partial charge in [-0.2, -0.15) is 5.10 Å². The van der Waals surface area contributed by atoms with Crippen molar-refractivity contribution in [1.82, 2.24) is 10.7 Å². The van der Waals surface area contributed by atoms with Gasteiger partial charge in [-0.3, -0.25) is 5.43 Å². The zero-order valence-electron chi connectivity index (χ0n) is 15.7. The molecule has 0 saturated carbocycles. The van der Waals surface area contributed by atoms with Crippen LogP contribution in [0.3, 0.4) is 0 Å². The van der Waals surface area contributed by atoms with Gasteiger partial charge in [-0.05, 0) is 56.1 Å². The molecule has 1 aromatic rings. The van der Waals surface area contributed by atoms with Crippen molar-refractivity contribution in [2.24, 2.45) is 11.0 Å². The van der Waals surface area contributed by atoms with E-state index in [1.807, 2.05) is 6.92 Å². The van der Waals surface area contributed by atoms with Crippen LogP contribution in [0.2, 0.25) is 0 Å². The van der Waals surface area contributed by atoms with Gasteiger partial charge in [0.2, 0.25) is 0 Å². The van der Waals surface area contributed by atoms with Crippen LogP contribution in [0.25, 0.3) is 0 Å². The van der Waals surface area contributed by atoms with E-state index in [-0.39, 0.29) is 0 Å². The molecule has 25 heavy (non-hydrogen) atoms. The summed E-state index contributed by atoms with van der Waals surface area (Å²) in [5, 5.41) is 7.97. The lowest BCUT2D eigenvalue weighted by Gasteiger charge is -2.16. The Kier molecular flexibility index (Phi) is 8.52. The molecule has 7 heteroatoms. The molecule has 1 atom stereocenters. The van der Waals surface area contributed by atoms with Crippen molar-refractivity contribution < 1.29 is 8.42 Å². The molecule has 1 rings (SSSR count). The Hall–Kier alpha value is -1.47. The molecule has 1 aromatic carbocycles. The predicted molar refractivity (Wildman–Crippen MR) is 109 cm³/mol. The van der Waals surface area contributed by atoms with E-state index < -0.39 is 9.84 Å². The first-order valence-corrected chi connectivity index (χ1v) is 10.8. The number of hydrogen-bond acceptors (Lipinski definition) is 4. The van der Waals surface area contributed by atoms with Crippen molar-refractivity contribution in [3.63, 3.8) is 0 Å². The molecule has 0 radical (unpaired) electrons. The molecule has 140 valence electrons. The van der Waals surface area contributed by atoms with E-state index in [1.54, 1.807) is 24.3 Å². The van der Waals surface area contributed by atoms with E-state index in [4.69, 9.17) is 12.2 Å². The summed E-state index contributed by atoms with van der Waals surface area (Å²) in [5.41, 5.74) is 4.42. The highest BCUT2D eigenvalue weighted by Crippen LogP contribution is 2.11. The Morgan fingerprint density at radius 2 is 1.76 bits per heavy atom. The highest BCUT2D eigenvalue weighted by Gasteiger charge is 2.08. The largest absolute Gasteiger partial charge is 0.359 e. The summed E-state index contributed by atoms with van der Waals surface area (Å²) in [6.45, 7) is 8.40. The van der Waals surface area contributed by atoms with E-state index in [0.29, 0.717) is 16.0 Å². The number of benzene rings is 1. The average molecular weight is 384 g/mol. The van der Waals surface area contributed by atoms with Crippen LogP contribution in [0, 0.1) is 5.92 Å². The third-order valence-electron chi connectivity index (χ3n) is 3.82. The molecule has 0 heterocycles. The molecule has 0 aliphatic rings. The van der Waals surface area contributed by atoms with E-state index in [9.17, 15) is 8.42 Å². The van der Waals surface area contributed by atoms with Crippen LogP contribution in [0.5, 0.6) is 0 Å². The Balaban J connectivity index is 2.52. The van der Waals surface area contributed by atoms with E-state index in [1.165, 1.54) is 19.1 Å². The molecule has 0 unspecified atom stereocenters. The number of sulfone groups is 1. The summed E-state index contributed by atoms with van der Waals surface area (Å²) in [6, 6.07) is 6.93. The molecule has 0 aliphatic heterocycles. The first-order valence-electron chi connectivity index (χ1n) is 8.51. The van der Waals surface area contributed by atoms with Gasteiger partial charge < -0.3 is 5.32 Å². The lowest BCUT2D eigenvalue weighted by molar-refractivity contribution is 0.493. The zero-order chi connectivity index (χ0) is 19.0. The third-order valence-corrected chi connectivity index (χ3v) is 5.16. The summed E-state index contributed by atoms with van der Waals surface area (Å²) in [6.07, 6.45) is 4.64. The molecule has 0 bridgehead atoms. The van der Waals surface area contributed by atoms with Crippen molar-refractivity contribution in [2.45, 2.75) is 57.9 Å². The standard InChI is InChI=1S/C18H29N3O2S2/c1-13(2)7-6-8-14(3)19-18(24)21-20-15(4)16-9-11-17(12-10-16)25(5,22)23/h9-14H,6-8H2,1-5H3,(H2,19,21,24)/b20-15-/t14-/m1/s1. The topological polar surface area (TPSA) is 70.6 Å². The molecule has 0 saturated heterocycles. The minimum atomic E-state index is -3.18. The normalized spacial score (nSPS) is 13.6. The van der Waals surface area contributed by atoms with Gasteiger partial charge in [-0.1, -0.05) is 38.8 Å². The number of hydrogen-bond donors (Lipinski definition) is 2. The Morgan fingerprint density at radius 3 is 2.28 bits per heavy atom. The van der Waals surface area contributed by atoms with Crippen LogP contribution in [0.4, 0.5) is 0 Å². The van der Waals surface area contributed by atoms with Crippen LogP contribution in [-0.2, 0) is 9.84 Å². The van der Waals surface area contributed by atoms with Crippen LogP contribution >= 0.6 is 12.2 Å². The molecule has 0 aromatic heterocycles. The first-order chi connectivity index (χ1) is 11.6. The molecular formula is C18H29N3O2S2. The van der Waals surface area contributed by atoms with Crippen molar-refractivity contribution >= 4 is 32.9 Å². The van der Waals surface area contributed by atoms with Gasteiger partial charge >= 0.3 is 0 Å². The second-order valence-corrected chi connectivity index (χ2v) is 9.23. The van der Waals surface area contributed by atoms with E-state index in [0.717, 1.165) is 23.6 Å². The van der Waals surface area contributed by atoms with Gasteiger partial charge in [-0.25, -0.2) is 8.42 Å². The van der Waals surface area contributed by atoms with E-state index in [2.05, 4.69) is 36.6 Å². The third kappa shape index (κ3) is 8.45. The maximum Gasteiger partial charge on any atom is 0.187 e. The first kappa shape index (κ1) is 21.6. The summed E-state index contributed by atoms with van der Waals surface area (Å²) >= 11 is 5.26. The van der Waals surface area contributed by atoms with Gasteiger partial charge in [0.1, 0.15) is 0 Å². The number of rotatable bonds is 8. The minimum absolute atomic E-state index is 0.295. The fraction of sp³-hybridized carbons (Fsp3) is 0.556. The maximum atomic E-state index is 11.5. The summed E-state index contributed by atoms with van der Waals surface area (Å²) in [4.78, 5) is 0.296. The van der Waals surface area contributed by atoms with Crippen LogP contribution in [0.1, 0.15) is 52.5 Å². The monoisotopic (exact) mass is 383 g/mol. The number of nitrogens with zero attached hydrogens (tertiary/aromatic N) is 1. The van der Waals surface area contributed by atoms with Crippen molar-refractivity contribution in [3.8, 4) is 0 Å². The Bertz CT molecular complexity index is 696. The number of nitrogens with one attached hydrogen (secondary N) is 2. The predicted octanol–water partition coefficient (Wildman–Crippen LogP) is 3.49. The van der Waals surface area contributed by atoms with E-state index >= 15 is 0 Å². The van der Waals surface area contributed by atoms with Gasteiger partial charge in [0.05, 0.1) is 10.6 Å². The average Bonchev–Trinajstić information content (AvgIpc) is 2.51. The lowest BCUT2D eigenvalue weighted by atomic mass is 10.0. The quantitative estimate of drug-likeness (QED) is 0.408. The fourth-order valence-electron chi connectivity index (χ4n) is 2.30. The molecule has 0 spiro atoms. The van der Waals surface area contributed by atoms with Gasteiger partial charge in [0.15, 0.2) is 14.9 Å². The highest BCUT2D eigenvalue weighted by molar-refractivity contribution is 7.90. The van der Waals surface area contributed by atoms with Gasteiger partial charge in [0, 0.05) is 12.3 Å². The fourth-order valence-corrected chi connectivity index (χ4v) is 3.18. The highest BCUT2D eigenvalue weighted by atomic mass is 32.2. The second-order valence-electron chi connectivity index (χ2n) is 6.80. The summed E-state index contributed by atoms with van der Waals surface area (Å²) < 4.78 is 23.0. The molecule has 0 amide bonds. The van der Waals surface area contributed by atoms with Crippen LogP contribution in [-0.4, -0.2) is 31.5 Å². The molecule has 2 N–H and O–H groups in total. The van der Waals surface area contributed by atoms with Gasteiger partial charge in [0.25, 0.3) is 0 Å². The van der Waals surface area contributed by atoms with Crippen molar-refractivity contribution in [2.75, 3.05) is 6.26 Å². The smallest absolute Gasteiger partial charge is 0.187 e. The molecular weight excluding hydrogens is 354 g/mol. The Labute approximate surface area is 157 Å². The van der Waals surface area contributed by atoms with Gasteiger partial charge in [-0.15, -0.1) is 0 Å². The SMILES string of the molecule is C/C(=N/NC(=S)N[C@H](C)CCCC(C)C)c1ccc(S(C)(=O)=O)cc1.